The van der Waals surface area contributed by atoms with E-state index < -0.39 is 0 Å². The van der Waals surface area contributed by atoms with Crippen molar-refractivity contribution in [3.8, 4) is 0 Å². The highest BCUT2D eigenvalue weighted by Crippen LogP contribution is 2.45. The number of hydrogen-bond donors (Lipinski definition) is 1. The van der Waals surface area contributed by atoms with Crippen LogP contribution in [0.15, 0.2) is 41.2 Å². The minimum Gasteiger partial charge on any atom is -0.328 e. The van der Waals surface area contributed by atoms with Crippen LogP contribution < -0.4 is 5.32 Å². The molecule has 2 heterocycles. The molecule has 0 saturated heterocycles. The van der Waals surface area contributed by atoms with Crippen LogP contribution in [0.5, 0.6) is 0 Å². The van der Waals surface area contributed by atoms with Crippen molar-refractivity contribution in [2.75, 3.05) is 11.1 Å². The van der Waals surface area contributed by atoms with Gasteiger partial charge in [-0.15, -0.1) is 5.10 Å². The Hall–Kier alpha value is -2.15. The Morgan fingerprint density at radius 2 is 2.08 bits per heavy atom. The summed E-state index contributed by atoms with van der Waals surface area (Å²) < 4.78 is 15.2. The zero-order chi connectivity index (χ0) is 18.5. The number of carbonyl (C=O) groups excluding carboxylic acids is 1. The summed E-state index contributed by atoms with van der Waals surface area (Å²) in [6, 6.07) is 6.00. The standard InChI is InChI=1S/C19H21FN4OS/c1-4-26-18-22-17-21-13-9-19(2,3)10-14(25)15(13)16(24(17)23-18)11-5-7-12(20)8-6-11/h5-9,15-16H,4,10H2,1-3H3,(H,21,22,23)/t15-,16-/m0/s1. The van der Waals surface area contributed by atoms with E-state index in [2.05, 4.69) is 35.3 Å². The predicted octanol–water partition coefficient (Wildman–Crippen LogP) is 4.04. The number of carbonyl (C=O) groups is 1. The summed E-state index contributed by atoms with van der Waals surface area (Å²) in [4.78, 5) is 17.6. The molecule has 4 rings (SSSR count). The molecule has 0 amide bonds. The molecule has 0 radical (unpaired) electrons. The van der Waals surface area contributed by atoms with Crippen LogP contribution in [-0.2, 0) is 4.79 Å². The molecule has 1 aromatic carbocycles. The summed E-state index contributed by atoms with van der Waals surface area (Å²) in [5, 5.41) is 8.61. The molecule has 0 bridgehead atoms. The van der Waals surface area contributed by atoms with E-state index in [0.29, 0.717) is 17.5 Å². The second-order valence-corrected chi connectivity index (χ2v) is 8.66. The number of nitrogens with one attached hydrogen (secondary N) is 1. The number of nitrogens with zero attached hydrogens (tertiary/aromatic N) is 3. The van der Waals surface area contributed by atoms with Gasteiger partial charge < -0.3 is 5.32 Å². The first-order chi connectivity index (χ1) is 12.4. The fourth-order valence-corrected chi connectivity index (χ4v) is 4.35. The van der Waals surface area contributed by atoms with Gasteiger partial charge in [0.2, 0.25) is 11.1 Å². The van der Waals surface area contributed by atoms with Crippen molar-refractivity contribution in [3.05, 3.63) is 47.4 Å². The Labute approximate surface area is 156 Å². The molecule has 0 unspecified atom stereocenters. The first-order valence-corrected chi connectivity index (χ1v) is 9.74. The van der Waals surface area contributed by atoms with Gasteiger partial charge in [0.15, 0.2) is 0 Å². The smallest absolute Gasteiger partial charge is 0.227 e. The molecule has 26 heavy (non-hydrogen) atoms. The number of fused-ring (bicyclic) bond motifs is 2. The SMILES string of the molecule is CCSc1nc2n(n1)[C@@H](c1ccc(F)cc1)[C@@H]1C(=O)CC(C)(C)C=C1N2. The molecule has 1 aromatic heterocycles. The number of anilines is 1. The van der Waals surface area contributed by atoms with Crippen molar-refractivity contribution in [1.29, 1.82) is 0 Å². The number of Topliss-reactive ketones (excluding diaryl/α,β-unsaturated/α-hetero) is 1. The van der Waals surface area contributed by atoms with Gasteiger partial charge >= 0.3 is 0 Å². The van der Waals surface area contributed by atoms with E-state index in [1.165, 1.54) is 12.1 Å². The van der Waals surface area contributed by atoms with Crippen LogP contribution >= 0.6 is 11.8 Å². The largest absolute Gasteiger partial charge is 0.328 e. The van der Waals surface area contributed by atoms with Crippen molar-refractivity contribution in [2.24, 2.45) is 11.3 Å². The summed E-state index contributed by atoms with van der Waals surface area (Å²) in [7, 11) is 0. The maximum atomic E-state index is 13.4. The Kier molecular flexibility index (Phi) is 4.14. The average molecular weight is 372 g/mol. The van der Waals surface area contributed by atoms with Crippen molar-refractivity contribution < 1.29 is 9.18 Å². The van der Waals surface area contributed by atoms with E-state index in [9.17, 15) is 9.18 Å². The van der Waals surface area contributed by atoms with E-state index in [0.717, 1.165) is 17.0 Å². The average Bonchev–Trinajstić information content (AvgIpc) is 2.95. The molecule has 2 aromatic rings. The lowest BCUT2D eigenvalue weighted by molar-refractivity contribution is -0.125. The molecule has 136 valence electrons. The Balaban J connectivity index is 1.88. The highest BCUT2D eigenvalue weighted by atomic mass is 32.2. The van der Waals surface area contributed by atoms with Gasteiger partial charge in [-0.3, -0.25) is 4.79 Å². The first kappa shape index (κ1) is 17.3. The number of hydrogen-bond acceptors (Lipinski definition) is 5. The third kappa shape index (κ3) is 2.94. The molecule has 0 fully saturated rings. The molecule has 7 heteroatoms. The number of benzene rings is 1. The number of thioether (sulfide) groups is 1. The third-order valence-electron chi connectivity index (χ3n) is 4.79. The number of halogens is 1. The van der Waals surface area contributed by atoms with Gasteiger partial charge in [-0.25, -0.2) is 9.07 Å². The van der Waals surface area contributed by atoms with Gasteiger partial charge in [0, 0.05) is 12.1 Å². The van der Waals surface area contributed by atoms with Crippen LogP contribution in [-0.4, -0.2) is 26.3 Å². The number of aromatic nitrogens is 3. The maximum Gasteiger partial charge on any atom is 0.227 e. The molecule has 1 aliphatic heterocycles. The van der Waals surface area contributed by atoms with Crippen LogP contribution in [0.3, 0.4) is 0 Å². The lowest BCUT2D eigenvalue weighted by Gasteiger charge is -2.40. The number of allylic oxidation sites excluding steroid dienone is 2. The third-order valence-corrected chi connectivity index (χ3v) is 5.51. The van der Waals surface area contributed by atoms with Crippen LogP contribution in [0.2, 0.25) is 0 Å². The minimum atomic E-state index is -0.359. The first-order valence-electron chi connectivity index (χ1n) is 8.75. The summed E-state index contributed by atoms with van der Waals surface area (Å²) in [5.74, 6) is 1.00. The molecule has 1 aliphatic carbocycles. The van der Waals surface area contributed by atoms with Gasteiger partial charge in [-0.2, -0.15) is 4.98 Å². The summed E-state index contributed by atoms with van der Waals surface area (Å²) >= 11 is 1.55. The number of ketones is 1. The van der Waals surface area contributed by atoms with Gasteiger partial charge in [0.1, 0.15) is 11.6 Å². The Bertz CT molecular complexity index is 887. The number of rotatable bonds is 3. The van der Waals surface area contributed by atoms with Crippen molar-refractivity contribution >= 4 is 23.5 Å². The van der Waals surface area contributed by atoms with E-state index in [1.54, 1.807) is 28.6 Å². The second-order valence-electron chi connectivity index (χ2n) is 7.43. The second kappa shape index (κ2) is 6.23. The quantitative estimate of drug-likeness (QED) is 0.824. The van der Waals surface area contributed by atoms with E-state index in [-0.39, 0.29) is 29.0 Å². The van der Waals surface area contributed by atoms with Gasteiger partial charge in [0.05, 0.1) is 12.0 Å². The van der Waals surface area contributed by atoms with Crippen molar-refractivity contribution in [1.82, 2.24) is 14.8 Å². The summed E-state index contributed by atoms with van der Waals surface area (Å²) in [5.41, 5.74) is 1.52. The maximum absolute atomic E-state index is 13.4. The molecule has 0 spiro atoms. The van der Waals surface area contributed by atoms with Gasteiger partial charge in [0.25, 0.3) is 0 Å². The van der Waals surface area contributed by atoms with Crippen LogP contribution in [0.1, 0.15) is 38.8 Å². The summed E-state index contributed by atoms with van der Waals surface area (Å²) in [6.07, 6.45) is 2.60. The van der Waals surface area contributed by atoms with Crippen LogP contribution in [0, 0.1) is 17.2 Å². The normalized spacial score (nSPS) is 23.7. The van der Waals surface area contributed by atoms with Crippen LogP contribution in [0.4, 0.5) is 10.3 Å². The van der Waals surface area contributed by atoms with Crippen molar-refractivity contribution in [3.63, 3.8) is 0 Å². The fourth-order valence-electron chi connectivity index (χ4n) is 3.79. The monoisotopic (exact) mass is 372 g/mol. The lowest BCUT2D eigenvalue weighted by Crippen LogP contribution is -2.42. The van der Waals surface area contributed by atoms with Crippen molar-refractivity contribution in [2.45, 2.75) is 38.4 Å². The van der Waals surface area contributed by atoms with Crippen LogP contribution in [0.25, 0.3) is 0 Å². The topological polar surface area (TPSA) is 59.8 Å². The Morgan fingerprint density at radius 1 is 1.35 bits per heavy atom. The van der Waals surface area contributed by atoms with Gasteiger partial charge in [-0.05, 0) is 28.9 Å². The predicted molar refractivity (Wildman–Crippen MR) is 99.6 cm³/mol. The molecule has 1 N–H and O–H groups in total. The zero-order valence-corrected chi connectivity index (χ0v) is 15.8. The van der Waals surface area contributed by atoms with Gasteiger partial charge in [-0.1, -0.05) is 50.7 Å². The molecule has 2 atom stereocenters. The molecule has 0 saturated carbocycles. The zero-order valence-electron chi connectivity index (χ0n) is 15.0. The highest BCUT2D eigenvalue weighted by molar-refractivity contribution is 7.99. The van der Waals surface area contributed by atoms with E-state index >= 15 is 0 Å². The molecule has 2 aliphatic rings. The molecular formula is C19H21FN4OS. The molecular weight excluding hydrogens is 351 g/mol. The highest BCUT2D eigenvalue weighted by Gasteiger charge is 2.45. The fraction of sp³-hybridized carbons (Fsp3) is 0.421. The minimum absolute atomic E-state index is 0.167. The van der Waals surface area contributed by atoms with E-state index in [1.807, 2.05) is 6.92 Å². The lowest BCUT2D eigenvalue weighted by atomic mass is 9.72. The van der Waals surface area contributed by atoms with E-state index in [4.69, 9.17) is 0 Å². The summed E-state index contributed by atoms with van der Waals surface area (Å²) in [6.45, 7) is 6.16. The molecule has 5 nitrogen and oxygen atoms in total. The Morgan fingerprint density at radius 3 is 2.77 bits per heavy atom.